The monoisotopic (exact) mass is 276 g/mol. The average molecular weight is 276 g/mol. The quantitative estimate of drug-likeness (QED) is 0.735. The Hall–Kier alpha value is -2.81. The fourth-order valence-corrected chi connectivity index (χ4v) is 2.04. The van der Waals surface area contributed by atoms with E-state index in [2.05, 4.69) is 4.98 Å². The van der Waals surface area contributed by atoms with E-state index in [9.17, 15) is 0 Å². The van der Waals surface area contributed by atoms with E-state index in [1.807, 2.05) is 72.9 Å². The molecule has 0 radical (unpaired) electrons. The highest BCUT2D eigenvalue weighted by Crippen LogP contribution is 2.21. The molecule has 3 nitrogen and oxygen atoms in total. The van der Waals surface area contributed by atoms with Crippen molar-refractivity contribution in [3.63, 3.8) is 0 Å². The highest BCUT2D eigenvalue weighted by atomic mass is 16.5. The minimum atomic E-state index is 0.523. The van der Waals surface area contributed by atoms with E-state index in [1.54, 1.807) is 0 Å². The molecule has 0 bridgehead atoms. The number of hydrogen-bond acceptors (Lipinski definition) is 3. The third-order valence-electron chi connectivity index (χ3n) is 3.21. The highest BCUT2D eigenvalue weighted by molar-refractivity contribution is 5.64. The standard InChI is InChI=1S/C18H16N2O/c19-17-9-6-15(7-10-17)16-8-11-18(20-12-16)21-13-14-4-2-1-3-5-14/h1-12H,13,19H2. The number of pyridine rings is 1. The number of benzene rings is 2. The van der Waals surface area contributed by atoms with E-state index in [-0.39, 0.29) is 0 Å². The van der Waals surface area contributed by atoms with E-state index in [1.165, 1.54) is 0 Å². The number of nitrogen functional groups attached to an aromatic ring is 1. The van der Waals surface area contributed by atoms with Crippen LogP contribution in [0.25, 0.3) is 11.1 Å². The molecule has 0 atom stereocenters. The zero-order chi connectivity index (χ0) is 14.5. The van der Waals surface area contributed by atoms with Crippen LogP contribution in [0.3, 0.4) is 0 Å². The predicted molar refractivity (Wildman–Crippen MR) is 84.9 cm³/mol. The Labute approximate surface area is 124 Å². The van der Waals surface area contributed by atoms with Gasteiger partial charge in [0.25, 0.3) is 0 Å². The fraction of sp³-hybridized carbons (Fsp3) is 0.0556. The van der Waals surface area contributed by atoms with Gasteiger partial charge in [0.05, 0.1) is 0 Å². The molecule has 0 spiro atoms. The normalized spacial score (nSPS) is 10.3. The van der Waals surface area contributed by atoms with Crippen LogP contribution in [0.2, 0.25) is 0 Å². The first-order chi connectivity index (χ1) is 10.3. The first-order valence-electron chi connectivity index (χ1n) is 6.80. The van der Waals surface area contributed by atoms with Gasteiger partial charge in [0.1, 0.15) is 6.61 Å². The molecule has 21 heavy (non-hydrogen) atoms. The molecule has 0 fully saturated rings. The summed E-state index contributed by atoms with van der Waals surface area (Å²) in [6.45, 7) is 0.523. The lowest BCUT2D eigenvalue weighted by Crippen LogP contribution is -1.96. The minimum Gasteiger partial charge on any atom is -0.473 e. The number of nitrogens with two attached hydrogens (primary N) is 1. The van der Waals surface area contributed by atoms with Gasteiger partial charge in [-0.2, -0.15) is 0 Å². The van der Waals surface area contributed by atoms with Gasteiger partial charge in [-0.3, -0.25) is 0 Å². The Bertz CT molecular complexity index is 692. The third kappa shape index (κ3) is 3.39. The lowest BCUT2D eigenvalue weighted by molar-refractivity contribution is 0.294. The number of hydrogen-bond donors (Lipinski definition) is 1. The fourth-order valence-electron chi connectivity index (χ4n) is 2.04. The van der Waals surface area contributed by atoms with Crippen molar-refractivity contribution in [1.29, 1.82) is 0 Å². The van der Waals surface area contributed by atoms with Crippen LogP contribution in [0, 0.1) is 0 Å². The van der Waals surface area contributed by atoms with Gasteiger partial charge in [0.15, 0.2) is 0 Å². The maximum absolute atomic E-state index is 5.69. The topological polar surface area (TPSA) is 48.1 Å². The molecule has 3 rings (SSSR count). The summed E-state index contributed by atoms with van der Waals surface area (Å²) in [6.07, 6.45) is 1.81. The maximum atomic E-state index is 5.69. The molecule has 104 valence electrons. The van der Waals surface area contributed by atoms with Crippen LogP contribution < -0.4 is 10.5 Å². The summed E-state index contributed by atoms with van der Waals surface area (Å²) in [7, 11) is 0. The van der Waals surface area contributed by atoms with Crippen LogP contribution in [0.4, 0.5) is 5.69 Å². The molecule has 0 aliphatic rings. The van der Waals surface area contributed by atoms with E-state index < -0.39 is 0 Å². The second-order valence-corrected chi connectivity index (χ2v) is 4.78. The van der Waals surface area contributed by atoms with E-state index in [4.69, 9.17) is 10.5 Å². The Kier molecular flexibility index (Phi) is 3.83. The summed E-state index contributed by atoms with van der Waals surface area (Å²) >= 11 is 0. The van der Waals surface area contributed by atoms with Gasteiger partial charge in [-0.15, -0.1) is 0 Å². The molecule has 2 aromatic carbocycles. The van der Waals surface area contributed by atoms with Gasteiger partial charge in [-0.05, 0) is 29.3 Å². The van der Waals surface area contributed by atoms with Gasteiger partial charge in [-0.25, -0.2) is 4.98 Å². The maximum Gasteiger partial charge on any atom is 0.213 e. The molecule has 0 saturated carbocycles. The summed E-state index contributed by atoms with van der Waals surface area (Å²) in [5, 5.41) is 0. The van der Waals surface area contributed by atoms with Crippen LogP contribution in [-0.2, 0) is 6.61 Å². The van der Waals surface area contributed by atoms with Gasteiger partial charge >= 0.3 is 0 Å². The van der Waals surface area contributed by atoms with E-state index in [0.717, 1.165) is 22.4 Å². The van der Waals surface area contributed by atoms with Crippen molar-refractivity contribution in [2.24, 2.45) is 0 Å². The Morgan fingerprint density at radius 2 is 1.52 bits per heavy atom. The smallest absolute Gasteiger partial charge is 0.213 e. The van der Waals surface area contributed by atoms with Crippen LogP contribution in [0.5, 0.6) is 5.88 Å². The second kappa shape index (κ2) is 6.09. The first-order valence-corrected chi connectivity index (χ1v) is 6.80. The van der Waals surface area contributed by atoms with Crippen LogP contribution >= 0.6 is 0 Å². The van der Waals surface area contributed by atoms with Gasteiger partial charge < -0.3 is 10.5 Å². The van der Waals surface area contributed by atoms with Crippen LogP contribution in [0.15, 0.2) is 72.9 Å². The number of ether oxygens (including phenoxy) is 1. The van der Waals surface area contributed by atoms with Crippen molar-refractivity contribution in [2.45, 2.75) is 6.61 Å². The van der Waals surface area contributed by atoms with Crippen molar-refractivity contribution in [3.05, 3.63) is 78.5 Å². The Morgan fingerprint density at radius 1 is 0.810 bits per heavy atom. The lowest BCUT2D eigenvalue weighted by atomic mass is 10.1. The molecule has 1 heterocycles. The van der Waals surface area contributed by atoms with Crippen LogP contribution in [0.1, 0.15) is 5.56 Å². The molecule has 0 aliphatic heterocycles. The third-order valence-corrected chi connectivity index (χ3v) is 3.21. The van der Waals surface area contributed by atoms with Crippen molar-refractivity contribution in [1.82, 2.24) is 4.98 Å². The zero-order valence-electron chi connectivity index (χ0n) is 11.6. The van der Waals surface area contributed by atoms with Crippen molar-refractivity contribution >= 4 is 5.69 Å². The predicted octanol–water partition coefficient (Wildman–Crippen LogP) is 3.91. The summed E-state index contributed by atoms with van der Waals surface area (Å²) in [6, 6.07) is 21.7. The largest absolute Gasteiger partial charge is 0.473 e. The van der Waals surface area contributed by atoms with Crippen molar-refractivity contribution in [2.75, 3.05) is 5.73 Å². The summed E-state index contributed by atoms with van der Waals surface area (Å²) in [5.74, 6) is 0.623. The molecule has 0 amide bonds. The van der Waals surface area contributed by atoms with E-state index >= 15 is 0 Å². The Morgan fingerprint density at radius 3 is 2.19 bits per heavy atom. The van der Waals surface area contributed by atoms with Gasteiger partial charge in [0.2, 0.25) is 5.88 Å². The summed E-state index contributed by atoms with van der Waals surface area (Å²) in [4.78, 5) is 4.34. The molecule has 3 aromatic rings. The minimum absolute atomic E-state index is 0.523. The number of anilines is 1. The molecule has 1 aromatic heterocycles. The second-order valence-electron chi connectivity index (χ2n) is 4.78. The first kappa shape index (κ1) is 13.2. The highest BCUT2D eigenvalue weighted by Gasteiger charge is 2.00. The Balaban J connectivity index is 1.68. The zero-order valence-corrected chi connectivity index (χ0v) is 11.6. The SMILES string of the molecule is Nc1ccc(-c2ccc(OCc3ccccc3)nc2)cc1. The van der Waals surface area contributed by atoms with Crippen molar-refractivity contribution < 1.29 is 4.74 Å². The van der Waals surface area contributed by atoms with Crippen molar-refractivity contribution in [3.8, 4) is 17.0 Å². The summed E-state index contributed by atoms with van der Waals surface area (Å²) in [5.41, 5.74) is 9.71. The van der Waals surface area contributed by atoms with Gasteiger partial charge in [-0.1, -0.05) is 42.5 Å². The van der Waals surface area contributed by atoms with E-state index in [0.29, 0.717) is 12.5 Å². The molecule has 2 N–H and O–H groups in total. The molecule has 3 heteroatoms. The molecular weight excluding hydrogens is 260 g/mol. The van der Waals surface area contributed by atoms with Gasteiger partial charge in [0, 0.05) is 23.5 Å². The lowest BCUT2D eigenvalue weighted by Gasteiger charge is -2.06. The number of nitrogens with zero attached hydrogens (tertiary/aromatic N) is 1. The summed E-state index contributed by atoms with van der Waals surface area (Å²) < 4.78 is 5.67. The van der Waals surface area contributed by atoms with Crippen LogP contribution in [-0.4, -0.2) is 4.98 Å². The molecule has 0 unspecified atom stereocenters. The number of rotatable bonds is 4. The molecule has 0 saturated heterocycles. The molecule has 0 aliphatic carbocycles. The molecular formula is C18H16N2O. The average Bonchev–Trinajstić information content (AvgIpc) is 2.55. The number of aromatic nitrogens is 1.